The highest BCUT2D eigenvalue weighted by Crippen LogP contribution is 2.56. The SMILES string of the molecule is CCN(CC)C(=O)COc1c2cc(C(C)(C)C)cc1Sc1cc(C(C)(C)C)cc(c1OCC(=O)Nc1ccc([N+](=O)[O-])cc1)Sc1cc(C(C)(C)C)cc(c1O)Sc1cc(C(C)(C)C)cc(c1OCC(=O)Nc1ccc([N+](=O)[O-])cc1)S2. The highest BCUT2D eigenvalue weighted by Gasteiger charge is 2.31. The molecule has 6 aromatic carbocycles. The first kappa shape index (κ1) is 62.7. The molecule has 16 nitrogen and oxygen atoms in total. The number of rotatable bonds is 15. The van der Waals surface area contributed by atoms with Gasteiger partial charge in [-0.1, -0.05) is 130 Å². The highest BCUT2D eigenvalue weighted by atomic mass is 32.2. The van der Waals surface area contributed by atoms with Gasteiger partial charge in [-0.25, -0.2) is 0 Å². The van der Waals surface area contributed by atoms with Crippen LogP contribution in [0.5, 0.6) is 23.0 Å². The average Bonchev–Trinajstić information content (AvgIpc) is 3.55. The Balaban J connectivity index is 1.52. The molecule has 434 valence electrons. The maximum atomic E-state index is 14.0. The number of likely N-dealkylation sites (N-methyl/N-ethyl adjacent to an activating group) is 1. The van der Waals surface area contributed by atoms with Crippen molar-refractivity contribution in [2.24, 2.45) is 0 Å². The fourth-order valence-corrected chi connectivity index (χ4v) is 13.0. The fourth-order valence-electron chi connectivity index (χ4n) is 8.36. The molecular formula is C62H71N5O11S4. The lowest BCUT2D eigenvalue weighted by molar-refractivity contribution is -0.385. The maximum Gasteiger partial charge on any atom is 0.269 e. The van der Waals surface area contributed by atoms with Crippen molar-refractivity contribution in [3.05, 3.63) is 140 Å². The molecule has 0 unspecified atom stereocenters. The van der Waals surface area contributed by atoms with Crippen LogP contribution in [0.2, 0.25) is 0 Å². The van der Waals surface area contributed by atoms with Gasteiger partial charge in [0.15, 0.2) is 19.8 Å². The van der Waals surface area contributed by atoms with E-state index in [0.717, 1.165) is 22.3 Å². The molecule has 0 radical (unpaired) electrons. The third kappa shape index (κ3) is 15.6. The number of aromatic hydroxyl groups is 1. The third-order valence-electron chi connectivity index (χ3n) is 13.3. The van der Waals surface area contributed by atoms with E-state index in [-0.39, 0.29) is 29.6 Å². The topological polar surface area (TPSA) is 213 Å². The fraction of sp³-hybridized carbons (Fsp3) is 0.371. The molecule has 1 aliphatic rings. The molecule has 0 aliphatic carbocycles. The van der Waals surface area contributed by atoms with E-state index >= 15 is 0 Å². The van der Waals surface area contributed by atoms with Crippen LogP contribution in [0.15, 0.2) is 136 Å². The number of benzene rings is 6. The van der Waals surface area contributed by atoms with Gasteiger partial charge in [0.05, 0.1) is 49.0 Å². The first-order valence-corrected chi connectivity index (χ1v) is 30.0. The molecule has 20 heteroatoms. The number of nitrogens with one attached hydrogen (secondary N) is 2. The van der Waals surface area contributed by atoms with E-state index in [9.17, 15) is 39.7 Å². The van der Waals surface area contributed by atoms with Crippen LogP contribution in [0.4, 0.5) is 22.7 Å². The number of carbonyl (C=O) groups excluding carboxylic acids is 3. The van der Waals surface area contributed by atoms with Gasteiger partial charge >= 0.3 is 0 Å². The maximum absolute atomic E-state index is 14.0. The Hall–Kier alpha value is -6.87. The number of non-ortho nitro benzene ring substituents is 2. The number of nitro groups is 2. The number of carbonyl (C=O) groups is 3. The van der Waals surface area contributed by atoms with Crippen molar-refractivity contribution in [1.29, 1.82) is 0 Å². The molecule has 0 spiro atoms. The summed E-state index contributed by atoms with van der Waals surface area (Å²) in [5.41, 5.74) is 2.37. The zero-order valence-electron chi connectivity index (χ0n) is 48.8. The summed E-state index contributed by atoms with van der Waals surface area (Å²) >= 11 is 5.27. The van der Waals surface area contributed by atoms with E-state index in [0.29, 0.717) is 80.9 Å². The standard InChI is InChI=1S/C62H71N5O11S4/c1-15-65(16-2)54(70)35-78-58-50-31-39(62(12,13)14)32-51(58)82-49-30-38(61(9,10)11)28-47(57(49)77-34-53(69)64-41-19-23-43(24-20-41)67(74)75)80-45-26-36(59(3,4)5)25-44(55(45)71)79-46-27-37(60(6,7)8)29-48(81-50)56(46)76-33-52(68)63-40-17-21-42(22-18-40)66(72)73/h17-32,71H,15-16,33-35H2,1-14H3,(H,63,68)(H,64,69). The molecule has 3 N–H and O–H groups in total. The number of phenolic OH excluding ortho intramolecular Hbond substituents is 1. The smallest absolute Gasteiger partial charge is 0.269 e. The zero-order chi connectivity index (χ0) is 60.2. The molecule has 0 saturated carbocycles. The number of ether oxygens (including phenoxy) is 3. The molecule has 0 saturated heterocycles. The Labute approximate surface area is 496 Å². The molecular weight excluding hydrogens is 1120 g/mol. The Bertz CT molecular complexity index is 3220. The Kier molecular flexibility index (Phi) is 19.4. The van der Waals surface area contributed by atoms with Gasteiger partial charge in [-0.3, -0.25) is 34.6 Å². The predicted octanol–water partition coefficient (Wildman–Crippen LogP) is 15.6. The molecule has 0 atom stereocenters. The summed E-state index contributed by atoms with van der Waals surface area (Å²) < 4.78 is 20.3. The number of phenols is 1. The predicted molar refractivity (Wildman–Crippen MR) is 327 cm³/mol. The van der Waals surface area contributed by atoms with Crippen molar-refractivity contribution in [3.8, 4) is 23.0 Å². The van der Waals surface area contributed by atoms with E-state index < -0.39 is 56.5 Å². The van der Waals surface area contributed by atoms with Gasteiger partial charge in [0.2, 0.25) is 0 Å². The number of hydrogen-bond acceptors (Lipinski definition) is 15. The Morgan fingerprint density at radius 2 is 0.720 bits per heavy atom. The van der Waals surface area contributed by atoms with Gasteiger partial charge in [-0.05, 0) is 131 Å². The number of anilines is 2. The minimum atomic E-state index is -0.524. The summed E-state index contributed by atoms with van der Waals surface area (Å²) in [4.78, 5) is 69.9. The molecule has 82 heavy (non-hydrogen) atoms. The van der Waals surface area contributed by atoms with Gasteiger partial charge < -0.3 is 34.9 Å². The van der Waals surface area contributed by atoms with Crippen molar-refractivity contribution in [3.63, 3.8) is 0 Å². The van der Waals surface area contributed by atoms with Gasteiger partial charge in [0.1, 0.15) is 23.0 Å². The van der Waals surface area contributed by atoms with Gasteiger partial charge in [-0.15, -0.1) is 0 Å². The molecule has 1 heterocycles. The van der Waals surface area contributed by atoms with Gasteiger partial charge in [0, 0.05) is 48.7 Å². The van der Waals surface area contributed by atoms with E-state index in [1.54, 1.807) is 4.90 Å². The van der Waals surface area contributed by atoms with Crippen LogP contribution in [-0.4, -0.2) is 70.5 Å². The van der Waals surface area contributed by atoms with E-state index in [1.165, 1.54) is 95.6 Å². The van der Waals surface area contributed by atoms with Crippen LogP contribution in [0.1, 0.15) is 119 Å². The molecule has 8 bridgehead atoms. The molecule has 0 aromatic heterocycles. The Morgan fingerprint density at radius 1 is 0.463 bits per heavy atom. The molecule has 3 amide bonds. The summed E-state index contributed by atoms with van der Waals surface area (Å²) in [5.74, 6) is -0.227. The summed E-state index contributed by atoms with van der Waals surface area (Å²) in [6.45, 7) is 28.7. The van der Waals surface area contributed by atoms with Gasteiger partial charge in [-0.2, -0.15) is 0 Å². The van der Waals surface area contributed by atoms with Crippen molar-refractivity contribution >= 4 is 87.5 Å². The second kappa shape index (κ2) is 25.3. The highest BCUT2D eigenvalue weighted by molar-refractivity contribution is 8.01. The first-order chi connectivity index (χ1) is 38.3. The van der Waals surface area contributed by atoms with E-state index in [2.05, 4.69) is 106 Å². The van der Waals surface area contributed by atoms with Crippen molar-refractivity contribution in [2.75, 3.05) is 43.5 Å². The quantitative estimate of drug-likeness (QED) is 0.0643. The molecule has 0 fully saturated rings. The van der Waals surface area contributed by atoms with Crippen LogP contribution in [-0.2, 0) is 36.0 Å². The van der Waals surface area contributed by atoms with Crippen LogP contribution in [0.25, 0.3) is 0 Å². The van der Waals surface area contributed by atoms with Crippen LogP contribution in [0, 0.1) is 20.2 Å². The normalized spacial score (nSPS) is 12.7. The number of fused-ring (bicyclic) bond motifs is 8. The minimum absolute atomic E-state index is 0.0295. The van der Waals surface area contributed by atoms with Crippen LogP contribution < -0.4 is 24.8 Å². The number of nitro benzene ring substituents is 2. The monoisotopic (exact) mass is 1190 g/mol. The summed E-state index contributed by atoms with van der Waals surface area (Å²) in [6.07, 6.45) is 0. The summed E-state index contributed by atoms with van der Waals surface area (Å²) in [6, 6.07) is 27.1. The number of hydrogen-bond donors (Lipinski definition) is 3. The van der Waals surface area contributed by atoms with E-state index in [1.807, 2.05) is 50.2 Å². The zero-order valence-corrected chi connectivity index (χ0v) is 52.0. The largest absolute Gasteiger partial charge is 0.506 e. The lowest BCUT2D eigenvalue weighted by Crippen LogP contribution is -2.34. The lowest BCUT2D eigenvalue weighted by atomic mass is 9.87. The number of amides is 3. The summed E-state index contributed by atoms with van der Waals surface area (Å²) in [7, 11) is 0. The lowest BCUT2D eigenvalue weighted by Gasteiger charge is -2.28. The minimum Gasteiger partial charge on any atom is -0.506 e. The molecule has 7 rings (SSSR count). The molecule has 1 aliphatic heterocycles. The van der Waals surface area contributed by atoms with Gasteiger partial charge in [0.25, 0.3) is 29.1 Å². The summed E-state index contributed by atoms with van der Waals surface area (Å²) in [5, 5.41) is 41.2. The van der Waals surface area contributed by atoms with E-state index in [4.69, 9.17) is 14.2 Å². The second-order valence-corrected chi connectivity index (χ2v) is 28.1. The Morgan fingerprint density at radius 3 is 0.976 bits per heavy atom. The number of nitrogens with zero attached hydrogens (tertiary/aromatic N) is 3. The first-order valence-electron chi connectivity index (χ1n) is 26.7. The molecule has 6 aromatic rings. The second-order valence-electron chi connectivity index (χ2n) is 23.8. The van der Waals surface area contributed by atoms with Crippen molar-refractivity contribution in [1.82, 2.24) is 4.90 Å². The average molecular weight is 1190 g/mol. The van der Waals surface area contributed by atoms with Crippen LogP contribution >= 0.6 is 47.0 Å². The van der Waals surface area contributed by atoms with Crippen molar-refractivity contribution < 1.29 is 43.5 Å². The van der Waals surface area contributed by atoms with Crippen molar-refractivity contribution in [2.45, 2.75) is 158 Å². The third-order valence-corrected chi connectivity index (χ3v) is 17.5. The van der Waals surface area contributed by atoms with Crippen LogP contribution in [0.3, 0.4) is 0 Å².